The summed E-state index contributed by atoms with van der Waals surface area (Å²) in [5.41, 5.74) is 1.62. The molecular weight excluding hydrogens is 193 g/mol. The van der Waals surface area contributed by atoms with Crippen LogP contribution in [-0.2, 0) is 6.42 Å². The van der Waals surface area contributed by atoms with E-state index in [-0.39, 0.29) is 6.04 Å². The molecule has 0 aliphatic carbocycles. The predicted octanol–water partition coefficient (Wildman–Crippen LogP) is 2.71. The normalized spacial score (nSPS) is 11.5. The molecule has 0 bridgehead atoms. The van der Waals surface area contributed by atoms with Crippen molar-refractivity contribution in [3.05, 3.63) is 23.8 Å². The van der Waals surface area contributed by atoms with Crippen LogP contribution in [0.4, 0.5) is 4.39 Å². The molecule has 0 aliphatic heterocycles. The monoisotopic (exact) mass is 207 g/mol. The Kier molecular flexibility index (Phi) is 2.42. The molecule has 0 spiro atoms. The van der Waals surface area contributed by atoms with Gasteiger partial charge in [-0.3, -0.25) is 0 Å². The number of pyridine rings is 1. The van der Waals surface area contributed by atoms with Gasteiger partial charge >= 0.3 is 0 Å². The molecule has 15 heavy (non-hydrogen) atoms. The van der Waals surface area contributed by atoms with Gasteiger partial charge in [0.1, 0.15) is 0 Å². The minimum absolute atomic E-state index is 0.196. The number of hydrogen-bond donors (Lipinski definition) is 0. The van der Waals surface area contributed by atoms with Crippen LogP contribution in [0.15, 0.2) is 12.1 Å². The fourth-order valence-corrected chi connectivity index (χ4v) is 1.68. The van der Waals surface area contributed by atoms with Crippen molar-refractivity contribution in [2.45, 2.75) is 33.2 Å². The van der Waals surface area contributed by atoms with Gasteiger partial charge < -0.3 is 0 Å². The summed E-state index contributed by atoms with van der Waals surface area (Å²) in [5, 5.41) is 5.39. The fraction of sp³-hybridized carbons (Fsp3) is 0.455. The van der Waals surface area contributed by atoms with E-state index in [4.69, 9.17) is 0 Å². The Morgan fingerprint density at radius 1 is 1.40 bits per heavy atom. The summed E-state index contributed by atoms with van der Waals surface area (Å²) >= 11 is 0. The summed E-state index contributed by atoms with van der Waals surface area (Å²) in [7, 11) is 0. The number of halogens is 1. The second-order valence-corrected chi connectivity index (χ2v) is 3.84. The summed E-state index contributed by atoms with van der Waals surface area (Å²) in [5.74, 6) is -0.452. The highest BCUT2D eigenvalue weighted by molar-refractivity contribution is 5.78. The van der Waals surface area contributed by atoms with E-state index in [1.807, 2.05) is 20.8 Å². The minimum atomic E-state index is -0.452. The number of nitrogens with zero attached hydrogens (tertiary/aromatic N) is 3. The van der Waals surface area contributed by atoms with Crippen LogP contribution in [0.2, 0.25) is 0 Å². The van der Waals surface area contributed by atoms with Crippen LogP contribution in [0.1, 0.15) is 32.5 Å². The lowest BCUT2D eigenvalue weighted by Crippen LogP contribution is -2.04. The van der Waals surface area contributed by atoms with Crippen LogP contribution >= 0.6 is 0 Å². The first-order chi connectivity index (χ1) is 7.13. The van der Waals surface area contributed by atoms with Gasteiger partial charge in [-0.05, 0) is 32.4 Å². The summed E-state index contributed by atoms with van der Waals surface area (Å²) in [6.45, 7) is 6.06. The second-order valence-electron chi connectivity index (χ2n) is 3.84. The molecule has 2 heterocycles. The molecule has 0 radical (unpaired) electrons. The first-order valence-corrected chi connectivity index (χ1v) is 5.17. The largest absolute Gasteiger partial charge is 0.244 e. The van der Waals surface area contributed by atoms with Crippen LogP contribution in [0.3, 0.4) is 0 Å². The highest BCUT2D eigenvalue weighted by Crippen LogP contribution is 2.20. The van der Waals surface area contributed by atoms with Crippen molar-refractivity contribution in [3.8, 4) is 0 Å². The van der Waals surface area contributed by atoms with Crippen molar-refractivity contribution in [2.75, 3.05) is 0 Å². The average Bonchev–Trinajstić information content (AvgIpc) is 2.55. The molecule has 0 fully saturated rings. The minimum Gasteiger partial charge on any atom is -0.244 e. The zero-order valence-electron chi connectivity index (χ0n) is 9.16. The van der Waals surface area contributed by atoms with E-state index in [0.29, 0.717) is 5.65 Å². The summed E-state index contributed by atoms with van der Waals surface area (Å²) in [6, 6.07) is 3.33. The standard InChI is InChI=1S/C11H14FN3/c1-4-9-8-5-6-10(12)13-11(8)15(14-9)7(2)3/h5-7H,4H2,1-3H3. The Morgan fingerprint density at radius 2 is 2.13 bits per heavy atom. The summed E-state index contributed by atoms with van der Waals surface area (Å²) < 4.78 is 14.8. The summed E-state index contributed by atoms with van der Waals surface area (Å²) in [4.78, 5) is 3.90. The van der Waals surface area contributed by atoms with Crippen molar-refractivity contribution < 1.29 is 4.39 Å². The Balaban J connectivity index is 2.76. The summed E-state index contributed by atoms with van der Waals surface area (Å²) in [6.07, 6.45) is 0.837. The molecule has 0 unspecified atom stereocenters. The zero-order valence-corrected chi connectivity index (χ0v) is 9.16. The van der Waals surface area contributed by atoms with E-state index in [9.17, 15) is 4.39 Å². The van der Waals surface area contributed by atoms with Crippen LogP contribution in [0.5, 0.6) is 0 Å². The highest BCUT2D eigenvalue weighted by atomic mass is 19.1. The molecule has 0 aromatic carbocycles. The smallest absolute Gasteiger partial charge is 0.214 e. The first-order valence-electron chi connectivity index (χ1n) is 5.17. The lowest BCUT2D eigenvalue weighted by atomic mass is 10.2. The number of rotatable bonds is 2. The van der Waals surface area contributed by atoms with Crippen molar-refractivity contribution in [2.24, 2.45) is 0 Å². The molecule has 0 atom stereocenters. The highest BCUT2D eigenvalue weighted by Gasteiger charge is 2.12. The molecule has 0 saturated carbocycles. The van der Waals surface area contributed by atoms with E-state index in [1.54, 1.807) is 10.7 Å². The van der Waals surface area contributed by atoms with Crippen LogP contribution < -0.4 is 0 Å². The lowest BCUT2D eigenvalue weighted by Gasteiger charge is -2.05. The maximum atomic E-state index is 13.0. The van der Waals surface area contributed by atoms with Gasteiger partial charge in [0.25, 0.3) is 0 Å². The van der Waals surface area contributed by atoms with Crippen molar-refractivity contribution in [1.29, 1.82) is 0 Å². The molecule has 4 heteroatoms. The Bertz CT molecular complexity index is 488. The third-order valence-corrected chi connectivity index (χ3v) is 2.42. The third-order valence-electron chi connectivity index (χ3n) is 2.42. The molecule has 0 N–H and O–H groups in total. The maximum absolute atomic E-state index is 13.0. The molecule has 0 amide bonds. The van der Waals surface area contributed by atoms with Gasteiger partial charge in [0.05, 0.1) is 5.69 Å². The van der Waals surface area contributed by atoms with Crippen molar-refractivity contribution in [1.82, 2.24) is 14.8 Å². The number of fused-ring (bicyclic) bond motifs is 1. The van der Waals surface area contributed by atoms with Crippen LogP contribution in [0.25, 0.3) is 11.0 Å². The second kappa shape index (κ2) is 3.61. The van der Waals surface area contributed by atoms with Gasteiger partial charge in [0.2, 0.25) is 5.95 Å². The van der Waals surface area contributed by atoms with Crippen molar-refractivity contribution in [3.63, 3.8) is 0 Å². The average molecular weight is 207 g/mol. The Morgan fingerprint density at radius 3 is 2.73 bits per heavy atom. The molecule has 2 rings (SSSR count). The molecule has 80 valence electrons. The molecular formula is C11H14FN3. The zero-order chi connectivity index (χ0) is 11.0. The van der Waals surface area contributed by atoms with E-state index in [1.165, 1.54) is 6.07 Å². The molecule has 3 nitrogen and oxygen atoms in total. The van der Waals surface area contributed by atoms with E-state index in [0.717, 1.165) is 17.5 Å². The molecule has 0 aliphatic rings. The third kappa shape index (κ3) is 1.60. The number of hydrogen-bond acceptors (Lipinski definition) is 2. The van der Waals surface area contributed by atoms with Crippen molar-refractivity contribution >= 4 is 11.0 Å². The van der Waals surface area contributed by atoms with Gasteiger partial charge in [0.15, 0.2) is 5.65 Å². The molecule has 2 aromatic rings. The molecule has 0 saturated heterocycles. The SMILES string of the molecule is CCc1nn(C(C)C)c2nc(F)ccc12. The number of aryl methyl sites for hydroxylation is 1. The first kappa shape index (κ1) is 10.1. The predicted molar refractivity (Wildman–Crippen MR) is 57.2 cm³/mol. The van der Waals surface area contributed by atoms with Gasteiger partial charge in [-0.15, -0.1) is 0 Å². The van der Waals surface area contributed by atoms with E-state index < -0.39 is 5.95 Å². The lowest BCUT2D eigenvalue weighted by molar-refractivity contribution is 0.531. The van der Waals surface area contributed by atoms with Gasteiger partial charge in [-0.1, -0.05) is 6.92 Å². The Hall–Kier alpha value is -1.45. The quantitative estimate of drug-likeness (QED) is 0.709. The van der Waals surface area contributed by atoms with Gasteiger partial charge in [0, 0.05) is 11.4 Å². The van der Waals surface area contributed by atoms with Crippen LogP contribution in [-0.4, -0.2) is 14.8 Å². The van der Waals surface area contributed by atoms with Gasteiger partial charge in [-0.25, -0.2) is 4.68 Å². The van der Waals surface area contributed by atoms with E-state index >= 15 is 0 Å². The fourth-order valence-electron chi connectivity index (χ4n) is 1.68. The maximum Gasteiger partial charge on any atom is 0.214 e. The Labute approximate surface area is 87.9 Å². The van der Waals surface area contributed by atoms with E-state index in [2.05, 4.69) is 10.1 Å². The molecule has 2 aromatic heterocycles. The number of aromatic nitrogens is 3. The van der Waals surface area contributed by atoms with Crippen LogP contribution in [0, 0.1) is 5.95 Å². The van der Waals surface area contributed by atoms with Gasteiger partial charge in [-0.2, -0.15) is 14.5 Å². The topological polar surface area (TPSA) is 30.7 Å².